The molecule has 0 saturated carbocycles. The molecule has 1 aliphatic rings. The summed E-state index contributed by atoms with van der Waals surface area (Å²) in [5, 5.41) is 27.0. The number of hydrogen-bond acceptors (Lipinski definition) is 6. The van der Waals surface area contributed by atoms with E-state index >= 15 is 0 Å². The van der Waals surface area contributed by atoms with Gasteiger partial charge in [-0.15, -0.1) is 4.40 Å². The summed E-state index contributed by atoms with van der Waals surface area (Å²) in [5.41, 5.74) is 6.78. The monoisotopic (exact) mass is 604 g/mol. The minimum atomic E-state index is -4.17. The van der Waals surface area contributed by atoms with E-state index in [1.165, 1.54) is 36.4 Å². The molecule has 5 rings (SSSR count). The number of rotatable bonds is 8. The van der Waals surface area contributed by atoms with E-state index < -0.39 is 27.6 Å². The molecule has 1 heterocycles. The lowest BCUT2D eigenvalue weighted by molar-refractivity contribution is 0.0696. The number of hydrazone groups is 1. The maximum Gasteiger partial charge on any atom is 0.335 e. The Morgan fingerprint density at radius 3 is 2.24 bits per heavy atom. The minimum absolute atomic E-state index is 0.0926. The van der Waals surface area contributed by atoms with E-state index in [9.17, 15) is 18.3 Å². The number of aromatic carboxylic acids is 1. The number of guanidine groups is 1. The van der Waals surface area contributed by atoms with Crippen molar-refractivity contribution >= 4 is 39.3 Å². The lowest BCUT2D eigenvalue weighted by Gasteiger charge is -2.25. The highest BCUT2D eigenvalue weighted by Gasteiger charge is 2.44. The first-order valence-electron chi connectivity index (χ1n) is 12.6. The van der Waals surface area contributed by atoms with E-state index in [1.54, 1.807) is 60.7 Å². The average molecular weight is 605 g/mol. The molecule has 0 amide bonds. The molecular weight excluding hydrogens is 580 g/mol. The van der Waals surface area contributed by atoms with E-state index in [-0.39, 0.29) is 29.3 Å². The normalized spacial score (nSPS) is 17.1. The van der Waals surface area contributed by atoms with Crippen LogP contribution >= 0.6 is 11.6 Å². The number of carboxylic acid groups (broad SMARTS) is 1. The van der Waals surface area contributed by atoms with E-state index in [4.69, 9.17) is 27.2 Å². The highest BCUT2D eigenvalue weighted by Crippen LogP contribution is 2.33. The Bertz CT molecular complexity index is 1760. The van der Waals surface area contributed by atoms with E-state index in [1.807, 2.05) is 6.07 Å². The van der Waals surface area contributed by atoms with Crippen molar-refractivity contribution in [3.63, 3.8) is 0 Å². The molecule has 42 heavy (non-hydrogen) atoms. The number of carboxylic acids is 1. The highest BCUT2D eigenvalue weighted by molar-refractivity contribution is 7.90. The van der Waals surface area contributed by atoms with Crippen molar-refractivity contribution in [3.8, 4) is 5.75 Å². The molecule has 4 aromatic carbocycles. The fraction of sp³-hybridized carbons (Fsp3) is 0.100. The second-order valence-corrected chi connectivity index (χ2v) is 11.5. The standard InChI is InChI=1S/C30H25ClN4O6S/c31-24-12-16-26(17-13-24)42(39,40)34-29(32)35-19-30(38,23-4-2-1-3-5-23)27(33-35)21-10-14-25(15-11-21)41-18-20-6-8-22(9-7-20)28(36)37/h1-17,38H,18-19H2,(H2,32,34)(H,36,37). The smallest absolute Gasteiger partial charge is 0.335 e. The van der Waals surface area contributed by atoms with Gasteiger partial charge in [-0.1, -0.05) is 54.1 Å². The lowest BCUT2D eigenvalue weighted by atomic mass is 9.86. The zero-order valence-electron chi connectivity index (χ0n) is 22.0. The Balaban J connectivity index is 1.41. The highest BCUT2D eigenvalue weighted by atomic mass is 35.5. The summed E-state index contributed by atoms with van der Waals surface area (Å²) in [7, 11) is -4.17. The Hall–Kier alpha value is -4.71. The number of nitrogens with zero attached hydrogens (tertiary/aromatic N) is 3. The van der Waals surface area contributed by atoms with Crippen molar-refractivity contribution < 1.29 is 28.2 Å². The molecule has 1 unspecified atom stereocenters. The fourth-order valence-electron chi connectivity index (χ4n) is 4.35. The van der Waals surface area contributed by atoms with Gasteiger partial charge < -0.3 is 20.7 Å². The van der Waals surface area contributed by atoms with Crippen molar-refractivity contribution in [2.45, 2.75) is 17.1 Å². The van der Waals surface area contributed by atoms with Crippen molar-refractivity contribution in [1.82, 2.24) is 5.01 Å². The lowest BCUT2D eigenvalue weighted by Crippen LogP contribution is -2.42. The third-order valence-corrected chi connectivity index (χ3v) is 8.11. The molecule has 0 saturated heterocycles. The van der Waals surface area contributed by atoms with Crippen LogP contribution in [0.3, 0.4) is 0 Å². The molecule has 4 aromatic rings. The van der Waals surface area contributed by atoms with Crippen molar-refractivity contribution in [2.24, 2.45) is 15.2 Å². The SMILES string of the molecule is N/C(=N\S(=O)(=O)c1ccc(Cl)cc1)N1CC(O)(c2ccccc2)C(c2ccc(OCc3ccc(C(=O)O)cc3)cc2)=N1. The topological polar surface area (TPSA) is 155 Å². The number of aliphatic hydroxyl groups is 1. The molecule has 214 valence electrons. The molecule has 1 atom stereocenters. The number of β-amino-alcohol motifs (C(OH)–C–C–N with tert-alkyl or cyclic N) is 1. The Kier molecular flexibility index (Phi) is 7.99. The first kappa shape index (κ1) is 28.8. The predicted molar refractivity (Wildman–Crippen MR) is 158 cm³/mol. The van der Waals surface area contributed by atoms with Gasteiger partial charge in [-0.3, -0.25) is 0 Å². The van der Waals surface area contributed by atoms with Gasteiger partial charge in [0.1, 0.15) is 18.1 Å². The van der Waals surface area contributed by atoms with Gasteiger partial charge in [0.25, 0.3) is 10.0 Å². The van der Waals surface area contributed by atoms with Crippen LogP contribution in [0.5, 0.6) is 5.75 Å². The number of benzene rings is 4. The van der Waals surface area contributed by atoms with Crippen LogP contribution in [0.15, 0.2) is 118 Å². The third kappa shape index (κ3) is 6.13. The number of sulfonamides is 1. The summed E-state index contributed by atoms with van der Waals surface area (Å²) in [4.78, 5) is 11.0. The van der Waals surface area contributed by atoms with E-state index in [2.05, 4.69) is 9.50 Å². The fourth-order valence-corrected chi connectivity index (χ4v) is 5.40. The van der Waals surface area contributed by atoms with Gasteiger partial charge in [0.2, 0.25) is 5.96 Å². The molecule has 1 aliphatic heterocycles. The van der Waals surface area contributed by atoms with Crippen LogP contribution in [0.2, 0.25) is 5.02 Å². The summed E-state index contributed by atoms with van der Waals surface area (Å²) >= 11 is 5.87. The Labute approximate surface area is 247 Å². The number of halogens is 1. The molecule has 4 N–H and O–H groups in total. The van der Waals surface area contributed by atoms with Crippen LogP contribution in [0.1, 0.15) is 27.0 Å². The zero-order valence-corrected chi connectivity index (χ0v) is 23.5. The van der Waals surface area contributed by atoms with Crippen molar-refractivity contribution in [2.75, 3.05) is 6.54 Å². The number of ether oxygens (including phenoxy) is 1. The quantitative estimate of drug-likeness (QED) is 0.199. The van der Waals surface area contributed by atoms with Crippen LogP contribution in [0, 0.1) is 0 Å². The van der Waals surface area contributed by atoms with Gasteiger partial charge in [-0.2, -0.15) is 13.5 Å². The second kappa shape index (κ2) is 11.6. The summed E-state index contributed by atoms with van der Waals surface area (Å²) in [5.74, 6) is -0.879. The first-order chi connectivity index (χ1) is 20.0. The van der Waals surface area contributed by atoms with Gasteiger partial charge in [-0.05, 0) is 71.8 Å². The van der Waals surface area contributed by atoms with Crippen molar-refractivity contribution in [1.29, 1.82) is 0 Å². The molecule has 0 bridgehead atoms. The van der Waals surface area contributed by atoms with Gasteiger partial charge in [-0.25, -0.2) is 9.80 Å². The minimum Gasteiger partial charge on any atom is -0.489 e. The maximum atomic E-state index is 12.9. The van der Waals surface area contributed by atoms with Gasteiger partial charge in [0.15, 0.2) is 5.60 Å². The van der Waals surface area contributed by atoms with Crippen LogP contribution in [-0.4, -0.2) is 47.8 Å². The Morgan fingerprint density at radius 1 is 0.976 bits per heavy atom. The molecule has 10 nitrogen and oxygen atoms in total. The number of nitrogens with two attached hydrogens (primary N) is 1. The predicted octanol–water partition coefficient (Wildman–Crippen LogP) is 4.23. The summed E-state index contributed by atoms with van der Waals surface area (Å²) in [6.07, 6.45) is 0. The van der Waals surface area contributed by atoms with Crippen LogP contribution in [0.4, 0.5) is 0 Å². The Morgan fingerprint density at radius 2 is 1.62 bits per heavy atom. The molecule has 0 radical (unpaired) electrons. The zero-order chi connectivity index (χ0) is 29.9. The molecule has 0 aliphatic carbocycles. The second-order valence-electron chi connectivity index (χ2n) is 9.43. The number of carbonyl (C=O) groups is 1. The van der Waals surface area contributed by atoms with Gasteiger partial charge >= 0.3 is 5.97 Å². The van der Waals surface area contributed by atoms with Crippen LogP contribution in [-0.2, 0) is 22.2 Å². The molecule has 12 heteroatoms. The average Bonchev–Trinajstić information content (AvgIpc) is 3.36. The molecule has 0 aromatic heterocycles. The van der Waals surface area contributed by atoms with Crippen LogP contribution < -0.4 is 10.5 Å². The first-order valence-corrected chi connectivity index (χ1v) is 14.4. The summed E-state index contributed by atoms with van der Waals surface area (Å²) in [6.45, 7) is 0.0411. The van der Waals surface area contributed by atoms with E-state index in [0.29, 0.717) is 21.9 Å². The molecule has 0 spiro atoms. The van der Waals surface area contributed by atoms with Gasteiger partial charge in [0.05, 0.1) is 17.0 Å². The largest absolute Gasteiger partial charge is 0.489 e. The third-order valence-electron chi connectivity index (χ3n) is 6.57. The van der Waals surface area contributed by atoms with Crippen molar-refractivity contribution in [3.05, 3.63) is 130 Å². The number of hydrogen-bond donors (Lipinski definition) is 3. The molecular formula is C30H25ClN4O6S. The molecule has 0 fully saturated rings. The van der Waals surface area contributed by atoms with Gasteiger partial charge in [0, 0.05) is 10.6 Å². The van der Waals surface area contributed by atoms with E-state index in [0.717, 1.165) is 10.6 Å². The summed E-state index contributed by atoms with van der Waals surface area (Å²) < 4.78 is 35.3. The van der Waals surface area contributed by atoms with Crippen LogP contribution in [0.25, 0.3) is 0 Å². The maximum absolute atomic E-state index is 12.9. The summed E-state index contributed by atoms with van der Waals surface area (Å²) in [6, 6.07) is 27.6.